The molecule has 2 saturated heterocycles. The summed E-state index contributed by atoms with van der Waals surface area (Å²) in [6, 6.07) is 9.04. The summed E-state index contributed by atoms with van der Waals surface area (Å²) >= 11 is 0. The number of ether oxygens (including phenoxy) is 1. The van der Waals surface area contributed by atoms with Crippen LogP contribution in [0.5, 0.6) is 0 Å². The van der Waals surface area contributed by atoms with E-state index in [1.807, 2.05) is 4.90 Å². The molecule has 28 heavy (non-hydrogen) atoms. The lowest BCUT2D eigenvalue weighted by Crippen LogP contribution is -2.63. The molecule has 152 valence electrons. The quantitative estimate of drug-likeness (QED) is 0.843. The Morgan fingerprint density at radius 1 is 1.21 bits per heavy atom. The molecule has 0 aromatic heterocycles. The number of benzene rings is 1. The van der Waals surface area contributed by atoms with E-state index in [1.165, 1.54) is 11.1 Å². The molecule has 1 aromatic carbocycles. The number of carbonyl (C=O) groups excluding carboxylic acids is 2. The summed E-state index contributed by atoms with van der Waals surface area (Å²) in [6.45, 7) is 10.9. The number of piperidine rings is 1. The summed E-state index contributed by atoms with van der Waals surface area (Å²) in [4.78, 5) is 26.6. The molecule has 1 N–H and O–H groups in total. The van der Waals surface area contributed by atoms with Crippen LogP contribution in [0.3, 0.4) is 0 Å². The summed E-state index contributed by atoms with van der Waals surface area (Å²) in [6.07, 6.45) is 2.28. The minimum Gasteiger partial charge on any atom is -0.447 e. The van der Waals surface area contributed by atoms with Crippen molar-refractivity contribution in [3.05, 3.63) is 35.4 Å². The van der Waals surface area contributed by atoms with Crippen LogP contribution >= 0.6 is 0 Å². The molecule has 2 aliphatic heterocycles. The van der Waals surface area contributed by atoms with Crippen LogP contribution < -0.4 is 5.32 Å². The molecule has 2 amide bonds. The SMILES string of the molecule is CC1CN(C(=O)C2CCC23COC(=O)N3)CCC1c1ccc(C(C)(C)C)cc1. The Morgan fingerprint density at radius 2 is 1.93 bits per heavy atom. The van der Waals surface area contributed by atoms with Crippen molar-refractivity contribution >= 4 is 12.0 Å². The highest BCUT2D eigenvalue weighted by Crippen LogP contribution is 2.43. The molecule has 4 rings (SSSR count). The molecule has 0 bridgehead atoms. The van der Waals surface area contributed by atoms with Gasteiger partial charge in [0, 0.05) is 13.1 Å². The fourth-order valence-electron chi connectivity index (χ4n) is 5.08. The number of amides is 2. The van der Waals surface area contributed by atoms with Crippen LogP contribution in [0.4, 0.5) is 4.79 Å². The first-order valence-electron chi connectivity index (χ1n) is 10.5. The Hall–Kier alpha value is -2.04. The molecule has 2 heterocycles. The predicted octanol–water partition coefficient (Wildman–Crippen LogP) is 3.82. The van der Waals surface area contributed by atoms with Crippen LogP contribution in [-0.4, -0.2) is 42.1 Å². The van der Waals surface area contributed by atoms with E-state index in [1.54, 1.807) is 0 Å². The van der Waals surface area contributed by atoms with Gasteiger partial charge in [-0.15, -0.1) is 0 Å². The average molecular weight is 385 g/mol. The summed E-state index contributed by atoms with van der Waals surface area (Å²) in [5, 5.41) is 2.89. The molecule has 4 unspecified atom stereocenters. The number of likely N-dealkylation sites (tertiary alicyclic amines) is 1. The minimum atomic E-state index is -0.447. The molecule has 0 radical (unpaired) electrons. The maximum Gasteiger partial charge on any atom is 0.407 e. The van der Waals surface area contributed by atoms with Crippen molar-refractivity contribution in [2.24, 2.45) is 11.8 Å². The summed E-state index contributed by atoms with van der Waals surface area (Å²) in [5.74, 6) is 0.964. The fraction of sp³-hybridized carbons (Fsp3) is 0.652. The molecule has 1 saturated carbocycles. The number of carbonyl (C=O) groups is 2. The highest BCUT2D eigenvalue weighted by molar-refractivity contribution is 5.84. The number of rotatable bonds is 2. The van der Waals surface area contributed by atoms with Crippen LogP contribution in [-0.2, 0) is 14.9 Å². The lowest BCUT2D eigenvalue weighted by molar-refractivity contribution is -0.145. The van der Waals surface area contributed by atoms with Crippen molar-refractivity contribution in [2.75, 3.05) is 19.7 Å². The van der Waals surface area contributed by atoms with E-state index in [0.29, 0.717) is 18.4 Å². The molecule has 3 aliphatic rings. The zero-order chi connectivity index (χ0) is 20.1. The van der Waals surface area contributed by atoms with Gasteiger partial charge in [-0.25, -0.2) is 4.79 Å². The first-order chi connectivity index (χ1) is 13.2. The van der Waals surface area contributed by atoms with E-state index in [0.717, 1.165) is 32.4 Å². The minimum absolute atomic E-state index is 0.131. The average Bonchev–Trinajstić information content (AvgIpc) is 3.04. The smallest absolute Gasteiger partial charge is 0.407 e. The van der Waals surface area contributed by atoms with Gasteiger partial charge in [0.25, 0.3) is 0 Å². The summed E-state index contributed by atoms with van der Waals surface area (Å²) in [7, 11) is 0. The number of alkyl carbamates (subject to hydrolysis) is 1. The standard InChI is InChI=1S/C23H32N2O3/c1-15-13-25(20(26)19-9-11-23(19)14-28-21(27)24-23)12-10-18(15)16-5-7-17(8-6-16)22(2,3)4/h5-8,15,18-19H,9-14H2,1-4H3,(H,24,27). The maximum atomic E-state index is 13.1. The van der Waals surface area contributed by atoms with Gasteiger partial charge in [0.2, 0.25) is 5.91 Å². The molecular weight excluding hydrogens is 352 g/mol. The van der Waals surface area contributed by atoms with E-state index < -0.39 is 5.54 Å². The maximum absolute atomic E-state index is 13.1. The largest absolute Gasteiger partial charge is 0.447 e. The Balaban J connectivity index is 1.40. The van der Waals surface area contributed by atoms with Gasteiger partial charge in [0.15, 0.2) is 0 Å². The van der Waals surface area contributed by atoms with E-state index in [4.69, 9.17) is 4.74 Å². The Morgan fingerprint density at radius 3 is 2.43 bits per heavy atom. The highest BCUT2D eigenvalue weighted by Gasteiger charge is 2.56. The number of cyclic esters (lactones) is 1. The first-order valence-corrected chi connectivity index (χ1v) is 10.5. The van der Waals surface area contributed by atoms with Crippen molar-refractivity contribution in [2.45, 2.75) is 63.8 Å². The predicted molar refractivity (Wildman–Crippen MR) is 108 cm³/mol. The molecule has 1 spiro atoms. The highest BCUT2D eigenvalue weighted by atomic mass is 16.6. The Kier molecular flexibility index (Phi) is 4.67. The first kappa shape index (κ1) is 19.3. The van der Waals surface area contributed by atoms with Gasteiger partial charge in [-0.2, -0.15) is 0 Å². The van der Waals surface area contributed by atoms with Crippen LogP contribution in [0.25, 0.3) is 0 Å². The third kappa shape index (κ3) is 3.29. The van der Waals surface area contributed by atoms with Gasteiger partial charge in [0.1, 0.15) is 6.61 Å². The normalized spacial score (nSPS) is 32.6. The van der Waals surface area contributed by atoms with Crippen molar-refractivity contribution in [3.8, 4) is 0 Å². The van der Waals surface area contributed by atoms with Crippen LogP contribution in [0.2, 0.25) is 0 Å². The van der Waals surface area contributed by atoms with Gasteiger partial charge in [-0.05, 0) is 47.6 Å². The number of hydrogen-bond donors (Lipinski definition) is 1. The summed E-state index contributed by atoms with van der Waals surface area (Å²) in [5.41, 5.74) is 2.45. The molecule has 5 heteroatoms. The Bertz CT molecular complexity index is 767. The number of hydrogen-bond acceptors (Lipinski definition) is 3. The van der Waals surface area contributed by atoms with Gasteiger partial charge >= 0.3 is 6.09 Å². The molecular formula is C23H32N2O3. The van der Waals surface area contributed by atoms with E-state index in [9.17, 15) is 9.59 Å². The molecule has 3 fully saturated rings. The van der Waals surface area contributed by atoms with Gasteiger partial charge < -0.3 is 15.0 Å². The van der Waals surface area contributed by atoms with Crippen LogP contribution in [0.15, 0.2) is 24.3 Å². The van der Waals surface area contributed by atoms with Crippen molar-refractivity contribution in [3.63, 3.8) is 0 Å². The monoisotopic (exact) mass is 384 g/mol. The van der Waals surface area contributed by atoms with E-state index in [2.05, 4.69) is 57.3 Å². The van der Waals surface area contributed by atoms with Crippen LogP contribution in [0, 0.1) is 11.8 Å². The van der Waals surface area contributed by atoms with Crippen molar-refractivity contribution in [1.29, 1.82) is 0 Å². The number of nitrogens with zero attached hydrogens (tertiary/aromatic N) is 1. The second kappa shape index (κ2) is 6.78. The van der Waals surface area contributed by atoms with Crippen molar-refractivity contribution in [1.82, 2.24) is 10.2 Å². The third-order valence-electron chi connectivity index (χ3n) is 7.08. The zero-order valence-corrected chi connectivity index (χ0v) is 17.5. The zero-order valence-electron chi connectivity index (χ0n) is 17.5. The summed E-state index contributed by atoms with van der Waals surface area (Å²) < 4.78 is 5.09. The van der Waals surface area contributed by atoms with Gasteiger partial charge in [-0.1, -0.05) is 52.0 Å². The van der Waals surface area contributed by atoms with Gasteiger partial charge in [0.05, 0.1) is 11.5 Å². The second-order valence-electron chi connectivity index (χ2n) is 9.98. The van der Waals surface area contributed by atoms with Gasteiger partial charge in [-0.3, -0.25) is 4.79 Å². The molecule has 1 aliphatic carbocycles. The Labute approximate surface area is 167 Å². The molecule has 1 aromatic rings. The lowest BCUT2D eigenvalue weighted by Gasteiger charge is -2.47. The second-order valence-corrected chi connectivity index (χ2v) is 9.98. The third-order valence-corrected chi connectivity index (χ3v) is 7.08. The fourth-order valence-corrected chi connectivity index (χ4v) is 5.08. The lowest BCUT2D eigenvalue weighted by atomic mass is 9.66. The van der Waals surface area contributed by atoms with E-state index >= 15 is 0 Å². The van der Waals surface area contributed by atoms with E-state index in [-0.39, 0.29) is 23.3 Å². The topological polar surface area (TPSA) is 58.6 Å². The van der Waals surface area contributed by atoms with Crippen molar-refractivity contribution < 1.29 is 14.3 Å². The molecule has 4 atom stereocenters. The van der Waals surface area contributed by atoms with Crippen LogP contribution in [0.1, 0.15) is 64.0 Å². The number of nitrogens with one attached hydrogen (secondary N) is 1. The molecule has 5 nitrogen and oxygen atoms in total.